The van der Waals surface area contributed by atoms with Gasteiger partial charge in [-0.25, -0.2) is 0 Å². The second kappa shape index (κ2) is 3.28. The van der Waals surface area contributed by atoms with Crippen molar-refractivity contribution in [3.05, 3.63) is 58.6 Å². The lowest BCUT2D eigenvalue weighted by molar-refractivity contribution is 1.10. The summed E-state index contributed by atoms with van der Waals surface area (Å²) in [6.07, 6.45) is 8.57. The monoisotopic (exact) mass is 220 g/mol. The zero-order chi connectivity index (χ0) is 8.39. The second-order valence-corrected chi connectivity index (χ2v) is 3.77. The van der Waals surface area contributed by atoms with E-state index in [1.54, 1.807) is 0 Å². The first-order valence-corrected chi connectivity index (χ1v) is 4.76. The molecule has 0 atom stereocenters. The minimum atomic E-state index is 0.475. The summed E-state index contributed by atoms with van der Waals surface area (Å²) in [6.45, 7) is 0. The average Bonchev–Trinajstić information content (AvgIpc) is 2.56. The predicted octanol–water partition coefficient (Wildman–Crippen LogP) is 3.66. The van der Waals surface area contributed by atoms with Crippen LogP contribution in [0.1, 0.15) is 11.5 Å². The molecular formula is C11H9Br. The molecule has 1 heteroatoms. The molecule has 0 N–H and O–H groups in total. The molecule has 0 fully saturated rings. The highest BCUT2D eigenvalue weighted by molar-refractivity contribution is 9.10. The van der Waals surface area contributed by atoms with E-state index in [1.807, 2.05) is 6.07 Å². The van der Waals surface area contributed by atoms with Crippen LogP contribution in [0.2, 0.25) is 0 Å². The zero-order valence-electron chi connectivity index (χ0n) is 6.57. The lowest BCUT2D eigenvalue weighted by atomic mass is 10.0. The third-order valence-electron chi connectivity index (χ3n) is 1.98. The molecule has 0 bridgehead atoms. The number of allylic oxidation sites excluding steroid dienone is 4. The molecule has 60 valence electrons. The van der Waals surface area contributed by atoms with Crippen LogP contribution in [0.15, 0.2) is 53.0 Å². The van der Waals surface area contributed by atoms with Gasteiger partial charge in [0.2, 0.25) is 0 Å². The number of hydrogen-bond donors (Lipinski definition) is 0. The van der Waals surface area contributed by atoms with Gasteiger partial charge in [-0.05, 0) is 17.7 Å². The van der Waals surface area contributed by atoms with Gasteiger partial charge in [0.15, 0.2) is 0 Å². The molecule has 0 saturated heterocycles. The highest BCUT2D eigenvalue weighted by Crippen LogP contribution is 2.24. The normalized spacial score (nSPS) is 15.8. The summed E-state index contributed by atoms with van der Waals surface area (Å²) in [6, 6.07) is 8.42. The van der Waals surface area contributed by atoms with Gasteiger partial charge in [0, 0.05) is 10.4 Å². The summed E-state index contributed by atoms with van der Waals surface area (Å²) in [5.41, 5.74) is 1.34. The molecule has 2 rings (SSSR count). The van der Waals surface area contributed by atoms with Gasteiger partial charge < -0.3 is 0 Å². The SMILES string of the molecule is Brc1cccc(C2C=CC=C2)c1. The van der Waals surface area contributed by atoms with Gasteiger partial charge in [-0.2, -0.15) is 0 Å². The second-order valence-electron chi connectivity index (χ2n) is 2.85. The molecule has 0 unspecified atom stereocenters. The number of rotatable bonds is 1. The van der Waals surface area contributed by atoms with E-state index in [-0.39, 0.29) is 0 Å². The smallest absolute Gasteiger partial charge is 0.0205 e. The summed E-state index contributed by atoms with van der Waals surface area (Å²) in [4.78, 5) is 0. The van der Waals surface area contributed by atoms with E-state index in [0.717, 1.165) is 4.47 Å². The number of benzene rings is 1. The van der Waals surface area contributed by atoms with Crippen LogP contribution in [0.5, 0.6) is 0 Å². The van der Waals surface area contributed by atoms with Gasteiger partial charge in [-0.3, -0.25) is 0 Å². The maximum Gasteiger partial charge on any atom is 0.0205 e. The predicted molar refractivity (Wildman–Crippen MR) is 55.2 cm³/mol. The molecular weight excluding hydrogens is 212 g/mol. The molecule has 0 aromatic heterocycles. The largest absolute Gasteiger partial charge is 0.0732 e. The maximum absolute atomic E-state index is 3.46. The highest BCUT2D eigenvalue weighted by Gasteiger charge is 2.05. The van der Waals surface area contributed by atoms with Crippen LogP contribution in [0.25, 0.3) is 0 Å². The van der Waals surface area contributed by atoms with Crippen molar-refractivity contribution < 1.29 is 0 Å². The first-order valence-electron chi connectivity index (χ1n) is 3.97. The third-order valence-corrected chi connectivity index (χ3v) is 2.47. The van der Waals surface area contributed by atoms with Crippen LogP contribution < -0.4 is 0 Å². The Morgan fingerprint density at radius 3 is 2.50 bits per heavy atom. The van der Waals surface area contributed by atoms with Crippen molar-refractivity contribution >= 4 is 15.9 Å². The van der Waals surface area contributed by atoms with E-state index in [1.165, 1.54) is 5.56 Å². The van der Waals surface area contributed by atoms with E-state index in [4.69, 9.17) is 0 Å². The summed E-state index contributed by atoms with van der Waals surface area (Å²) in [5.74, 6) is 0.475. The zero-order valence-corrected chi connectivity index (χ0v) is 8.16. The first-order chi connectivity index (χ1) is 5.86. The Hall–Kier alpha value is -0.820. The van der Waals surface area contributed by atoms with Crippen molar-refractivity contribution in [1.29, 1.82) is 0 Å². The molecule has 0 spiro atoms. The van der Waals surface area contributed by atoms with Crippen LogP contribution >= 0.6 is 15.9 Å². The van der Waals surface area contributed by atoms with Crippen LogP contribution in [0.4, 0.5) is 0 Å². The fourth-order valence-electron chi connectivity index (χ4n) is 1.37. The van der Waals surface area contributed by atoms with Gasteiger partial charge in [0.25, 0.3) is 0 Å². The molecule has 0 radical (unpaired) electrons. The van der Waals surface area contributed by atoms with Crippen molar-refractivity contribution in [3.63, 3.8) is 0 Å². The molecule has 1 aliphatic rings. The maximum atomic E-state index is 3.46. The van der Waals surface area contributed by atoms with Crippen molar-refractivity contribution in [2.75, 3.05) is 0 Å². The van der Waals surface area contributed by atoms with E-state index in [2.05, 4.69) is 58.4 Å². The Labute approximate surface area is 80.7 Å². The Balaban J connectivity index is 2.34. The standard InChI is InChI=1S/C11H9Br/c12-11-7-3-6-10(8-11)9-4-1-2-5-9/h1-9H. The molecule has 0 heterocycles. The molecule has 0 amide bonds. The Bertz CT molecular complexity index is 325. The van der Waals surface area contributed by atoms with Crippen LogP contribution in [0.3, 0.4) is 0 Å². The van der Waals surface area contributed by atoms with Gasteiger partial charge in [-0.1, -0.05) is 52.4 Å². The highest BCUT2D eigenvalue weighted by atomic mass is 79.9. The third kappa shape index (κ3) is 1.51. The van der Waals surface area contributed by atoms with Crippen molar-refractivity contribution in [2.24, 2.45) is 0 Å². The molecule has 0 saturated carbocycles. The summed E-state index contributed by atoms with van der Waals surface area (Å²) < 4.78 is 1.15. The lowest BCUT2D eigenvalue weighted by Crippen LogP contribution is -1.87. The van der Waals surface area contributed by atoms with Crippen molar-refractivity contribution in [1.82, 2.24) is 0 Å². The summed E-state index contributed by atoms with van der Waals surface area (Å²) in [5, 5.41) is 0. The quantitative estimate of drug-likeness (QED) is 0.678. The fourth-order valence-corrected chi connectivity index (χ4v) is 1.78. The molecule has 1 aliphatic carbocycles. The van der Waals surface area contributed by atoms with Crippen LogP contribution in [-0.4, -0.2) is 0 Å². The molecule has 1 aromatic rings. The van der Waals surface area contributed by atoms with E-state index >= 15 is 0 Å². The molecule has 12 heavy (non-hydrogen) atoms. The van der Waals surface area contributed by atoms with E-state index in [9.17, 15) is 0 Å². The fraction of sp³-hybridized carbons (Fsp3) is 0.0909. The van der Waals surface area contributed by atoms with E-state index in [0.29, 0.717) is 5.92 Å². The van der Waals surface area contributed by atoms with Crippen molar-refractivity contribution in [2.45, 2.75) is 5.92 Å². The Kier molecular flexibility index (Phi) is 2.13. The van der Waals surface area contributed by atoms with Crippen LogP contribution in [-0.2, 0) is 0 Å². The van der Waals surface area contributed by atoms with Crippen LogP contribution in [0, 0.1) is 0 Å². The first kappa shape index (κ1) is 7.81. The number of hydrogen-bond acceptors (Lipinski definition) is 0. The molecule has 0 nitrogen and oxygen atoms in total. The Morgan fingerprint density at radius 2 is 1.83 bits per heavy atom. The summed E-state index contributed by atoms with van der Waals surface area (Å²) in [7, 11) is 0. The minimum absolute atomic E-state index is 0.475. The van der Waals surface area contributed by atoms with Gasteiger partial charge >= 0.3 is 0 Å². The van der Waals surface area contributed by atoms with Gasteiger partial charge in [-0.15, -0.1) is 0 Å². The van der Waals surface area contributed by atoms with Crippen molar-refractivity contribution in [3.8, 4) is 0 Å². The number of halogens is 1. The van der Waals surface area contributed by atoms with Gasteiger partial charge in [0.05, 0.1) is 0 Å². The molecule has 1 aromatic carbocycles. The lowest BCUT2D eigenvalue weighted by Gasteiger charge is -2.05. The molecule has 0 aliphatic heterocycles. The Morgan fingerprint density at radius 1 is 1.08 bits per heavy atom. The van der Waals surface area contributed by atoms with Gasteiger partial charge in [0.1, 0.15) is 0 Å². The van der Waals surface area contributed by atoms with E-state index < -0.39 is 0 Å². The summed E-state index contributed by atoms with van der Waals surface area (Å²) >= 11 is 3.46. The minimum Gasteiger partial charge on any atom is -0.0732 e. The average molecular weight is 221 g/mol. The topological polar surface area (TPSA) is 0 Å².